The summed E-state index contributed by atoms with van der Waals surface area (Å²) >= 11 is 0. The molecule has 0 N–H and O–H groups in total. The summed E-state index contributed by atoms with van der Waals surface area (Å²) < 4.78 is 39.2. The summed E-state index contributed by atoms with van der Waals surface area (Å²) in [6.45, 7) is 5.81. The van der Waals surface area contributed by atoms with E-state index in [0.29, 0.717) is 25.9 Å². The minimum Gasteiger partial charge on any atom is -0.500 e. The van der Waals surface area contributed by atoms with E-state index < -0.39 is 34.5 Å². The zero-order valence-corrected chi connectivity index (χ0v) is 16.8. The van der Waals surface area contributed by atoms with Crippen molar-refractivity contribution in [1.29, 1.82) is 0 Å². The van der Waals surface area contributed by atoms with Crippen LogP contribution >= 0.6 is 0 Å². The smallest absolute Gasteiger partial charge is 0.345 e. The third-order valence-electron chi connectivity index (χ3n) is 4.82. The van der Waals surface area contributed by atoms with Crippen molar-refractivity contribution in [2.75, 3.05) is 26.3 Å². The standard InChI is InChI=1S/C21H25F2NO5/c1-4-28-12-17(21(27)29-5-2)20(26)16-11-18(22)15(10-19(16)23)14-6-8-24(9-7-14)13(3)25/h10-12,14H,4-9H2,1-3H3/b17-12+. The molecule has 1 aromatic carbocycles. The highest BCUT2D eigenvalue weighted by molar-refractivity contribution is 6.24. The molecule has 0 spiro atoms. The lowest BCUT2D eigenvalue weighted by Crippen LogP contribution is -2.36. The SMILES string of the molecule is CCO/C=C(/C(=O)OCC)C(=O)c1cc(F)c(C2CCN(C(C)=O)CC2)cc1F. The van der Waals surface area contributed by atoms with E-state index in [2.05, 4.69) is 0 Å². The van der Waals surface area contributed by atoms with Crippen LogP contribution in [0, 0.1) is 11.6 Å². The van der Waals surface area contributed by atoms with E-state index in [4.69, 9.17) is 9.47 Å². The van der Waals surface area contributed by atoms with Crippen molar-refractivity contribution in [3.8, 4) is 0 Å². The van der Waals surface area contributed by atoms with Crippen molar-refractivity contribution in [3.05, 3.63) is 46.7 Å². The number of amides is 1. The second-order valence-electron chi connectivity index (χ2n) is 6.67. The van der Waals surface area contributed by atoms with E-state index in [0.717, 1.165) is 18.4 Å². The van der Waals surface area contributed by atoms with Gasteiger partial charge in [0, 0.05) is 20.0 Å². The number of piperidine rings is 1. The third kappa shape index (κ3) is 5.40. The summed E-state index contributed by atoms with van der Waals surface area (Å²) in [5, 5.41) is 0. The molecule has 1 saturated heterocycles. The van der Waals surface area contributed by atoms with Crippen LogP contribution in [-0.4, -0.2) is 48.9 Å². The van der Waals surface area contributed by atoms with Gasteiger partial charge in [-0.15, -0.1) is 0 Å². The first-order valence-electron chi connectivity index (χ1n) is 9.58. The normalized spacial score (nSPS) is 15.2. The number of ether oxygens (including phenoxy) is 2. The second-order valence-corrected chi connectivity index (χ2v) is 6.67. The van der Waals surface area contributed by atoms with Crippen LogP contribution in [0.5, 0.6) is 0 Å². The number of carbonyl (C=O) groups is 3. The molecular formula is C21H25F2NO5. The maximum Gasteiger partial charge on any atom is 0.345 e. The summed E-state index contributed by atoms with van der Waals surface area (Å²) in [5.41, 5.74) is -0.908. The van der Waals surface area contributed by atoms with Gasteiger partial charge in [0.25, 0.3) is 0 Å². The molecule has 8 heteroatoms. The lowest BCUT2D eigenvalue weighted by Gasteiger charge is -2.31. The Morgan fingerprint density at radius 3 is 2.31 bits per heavy atom. The fourth-order valence-electron chi connectivity index (χ4n) is 3.27. The molecule has 0 unspecified atom stereocenters. The molecule has 1 amide bonds. The van der Waals surface area contributed by atoms with E-state index in [1.54, 1.807) is 18.7 Å². The Labute approximate surface area is 168 Å². The van der Waals surface area contributed by atoms with Crippen LogP contribution in [0.3, 0.4) is 0 Å². The molecule has 0 aromatic heterocycles. The number of nitrogens with zero attached hydrogens (tertiary/aromatic N) is 1. The molecule has 0 saturated carbocycles. The van der Waals surface area contributed by atoms with Gasteiger partial charge in [-0.3, -0.25) is 9.59 Å². The molecule has 1 aliphatic rings. The van der Waals surface area contributed by atoms with Crippen LogP contribution in [0.1, 0.15) is 55.5 Å². The van der Waals surface area contributed by atoms with Crippen LogP contribution in [0.4, 0.5) is 8.78 Å². The first-order chi connectivity index (χ1) is 13.8. The molecule has 1 aromatic rings. The van der Waals surface area contributed by atoms with Gasteiger partial charge in [-0.2, -0.15) is 0 Å². The van der Waals surface area contributed by atoms with E-state index in [9.17, 15) is 23.2 Å². The predicted octanol–water partition coefficient (Wildman–Crippen LogP) is 3.36. The van der Waals surface area contributed by atoms with Gasteiger partial charge in [0.05, 0.1) is 18.8 Å². The van der Waals surface area contributed by atoms with Crippen molar-refractivity contribution in [2.24, 2.45) is 0 Å². The summed E-state index contributed by atoms with van der Waals surface area (Å²) in [5.74, 6) is -3.93. The van der Waals surface area contributed by atoms with Crippen LogP contribution in [0.2, 0.25) is 0 Å². The van der Waals surface area contributed by atoms with Crippen LogP contribution in [0.25, 0.3) is 0 Å². The topological polar surface area (TPSA) is 72.9 Å². The van der Waals surface area contributed by atoms with Crippen molar-refractivity contribution in [1.82, 2.24) is 4.90 Å². The third-order valence-corrected chi connectivity index (χ3v) is 4.82. The molecule has 0 aliphatic carbocycles. The van der Waals surface area contributed by atoms with Gasteiger partial charge in [-0.25, -0.2) is 13.6 Å². The van der Waals surface area contributed by atoms with Gasteiger partial charge < -0.3 is 14.4 Å². The Morgan fingerprint density at radius 1 is 1.10 bits per heavy atom. The zero-order chi connectivity index (χ0) is 21.6. The highest BCUT2D eigenvalue weighted by atomic mass is 19.1. The molecule has 0 radical (unpaired) electrons. The van der Waals surface area contributed by atoms with Crippen molar-refractivity contribution >= 4 is 17.7 Å². The number of esters is 1. The van der Waals surface area contributed by atoms with E-state index in [1.165, 1.54) is 6.92 Å². The van der Waals surface area contributed by atoms with Crippen LogP contribution in [0.15, 0.2) is 24.0 Å². The Balaban J connectivity index is 2.29. The molecule has 1 fully saturated rings. The highest BCUT2D eigenvalue weighted by Gasteiger charge is 2.29. The van der Waals surface area contributed by atoms with Crippen molar-refractivity contribution in [3.63, 3.8) is 0 Å². The number of carbonyl (C=O) groups excluding carboxylic acids is 3. The maximum atomic E-state index is 14.7. The summed E-state index contributed by atoms with van der Waals surface area (Å²) in [7, 11) is 0. The molecule has 1 aliphatic heterocycles. The lowest BCUT2D eigenvalue weighted by atomic mass is 9.87. The zero-order valence-electron chi connectivity index (χ0n) is 16.8. The minimum atomic E-state index is -1.01. The Hall–Kier alpha value is -2.77. The monoisotopic (exact) mass is 409 g/mol. The summed E-state index contributed by atoms with van der Waals surface area (Å²) in [6, 6.07) is 1.81. The average molecular weight is 409 g/mol. The molecule has 0 bridgehead atoms. The van der Waals surface area contributed by atoms with Gasteiger partial charge in [0.15, 0.2) is 0 Å². The quantitative estimate of drug-likeness (QED) is 0.172. The molecule has 0 atom stereocenters. The maximum absolute atomic E-state index is 14.7. The van der Waals surface area contributed by atoms with Crippen LogP contribution in [-0.2, 0) is 19.1 Å². The van der Waals surface area contributed by atoms with E-state index >= 15 is 0 Å². The minimum absolute atomic E-state index is 0.0182. The Bertz CT molecular complexity index is 814. The molecule has 2 rings (SSSR count). The number of likely N-dealkylation sites (tertiary alicyclic amines) is 1. The average Bonchev–Trinajstić information content (AvgIpc) is 2.69. The first kappa shape index (κ1) is 22.5. The van der Waals surface area contributed by atoms with Gasteiger partial charge in [0.1, 0.15) is 23.5 Å². The van der Waals surface area contributed by atoms with Gasteiger partial charge >= 0.3 is 5.97 Å². The molecule has 6 nitrogen and oxygen atoms in total. The largest absolute Gasteiger partial charge is 0.500 e. The summed E-state index contributed by atoms with van der Waals surface area (Å²) in [6.07, 6.45) is 1.91. The van der Waals surface area contributed by atoms with Crippen molar-refractivity contribution in [2.45, 2.75) is 39.5 Å². The fraction of sp³-hybridized carbons (Fsp3) is 0.476. The van der Waals surface area contributed by atoms with Gasteiger partial charge in [0.2, 0.25) is 11.7 Å². The number of rotatable bonds is 7. The lowest BCUT2D eigenvalue weighted by molar-refractivity contribution is -0.138. The number of ketones is 1. The van der Waals surface area contributed by atoms with E-state index in [1.807, 2.05) is 0 Å². The number of hydrogen-bond donors (Lipinski definition) is 0. The fourth-order valence-corrected chi connectivity index (χ4v) is 3.27. The number of halogens is 2. The Morgan fingerprint density at radius 2 is 1.76 bits per heavy atom. The number of benzene rings is 1. The first-order valence-corrected chi connectivity index (χ1v) is 9.58. The highest BCUT2D eigenvalue weighted by Crippen LogP contribution is 2.32. The molecule has 158 valence electrons. The van der Waals surface area contributed by atoms with Crippen LogP contribution < -0.4 is 0 Å². The number of Topliss-reactive ketones (excluding diaryl/α,β-unsaturated/α-hetero) is 1. The van der Waals surface area contributed by atoms with E-state index in [-0.39, 0.29) is 30.6 Å². The molecule has 29 heavy (non-hydrogen) atoms. The summed E-state index contributed by atoms with van der Waals surface area (Å²) in [4.78, 5) is 37.7. The predicted molar refractivity (Wildman–Crippen MR) is 101 cm³/mol. The molecular weight excluding hydrogens is 384 g/mol. The molecule has 1 heterocycles. The van der Waals surface area contributed by atoms with Gasteiger partial charge in [-0.05, 0) is 50.3 Å². The van der Waals surface area contributed by atoms with Crippen molar-refractivity contribution < 1.29 is 32.6 Å². The Kier molecular flexibility index (Phi) is 7.87. The number of hydrogen-bond acceptors (Lipinski definition) is 5. The second kappa shape index (κ2) is 10.1. The van der Waals surface area contributed by atoms with Gasteiger partial charge in [-0.1, -0.05) is 0 Å².